The molecule has 0 aliphatic rings. The van der Waals surface area contributed by atoms with Gasteiger partial charge >= 0.3 is 11.9 Å². The minimum Gasteiger partial charge on any atom is -0.481 e. The van der Waals surface area contributed by atoms with Crippen molar-refractivity contribution in [1.82, 2.24) is 0 Å². The summed E-state index contributed by atoms with van der Waals surface area (Å²) in [7, 11) is 0. The van der Waals surface area contributed by atoms with Crippen molar-refractivity contribution < 1.29 is 19.8 Å². The second-order valence-electron chi connectivity index (χ2n) is 2.97. The molecule has 1 aromatic rings. The Bertz CT molecular complexity index is 363. The summed E-state index contributed by atoms with van der Waals surface area (Å²) in [6.45, 7) is 0. The van der Waals surface area contributed by atoms with Crippen LogP contribution in [-0.4, -0.2) is 27.5 Å². The second-order valence-corrected chi connectivity index (χ2v) is 3.44. The summed E-state index contributed by atoms with van der Waals surface area (Å²) in [5.74, 6) is -3.82. The molecule has 0 amide bonds. The van der Waals surface area contributed by atoms with E-state index in [0.717, 1.165) is 0 Å². The van der Waals surface area contributed by atoms with Crippen molar-refractivity contribution in [2.24, 2.45) is 0 Å². The second kappa shape index (κ2) is 4.79. The average molecular weight is 229 g/mol. The number of halogens is 1. The maximum absolute atomic E-state index is 10.9. The van der Waals surface area contributed by atoms with Gasteiger partial charge in [0.25, 0.3) is 0 Å². The minimum absolute atomic E-state index is 0.382. The molecule has 0 radical (unpaired) electrons. The van der Waals surface area contributed by atoms with E-state index in [-0.39, 0.29) is 0 Å². The Hall–Kier alpha value is -1.55. The van der Waals surface area contributed by atoms with Crippen molar-refractivity contribution in [3.8, 4) is 0 Å². The smallest absolute Gasteiger partial charge is 0.322 e. The molecule has 2 unspecified atom stereocenters. The third kappa shape index (κ3) is 2.70. The molecule has 80 valence electrons. The molecule has 5 heteroatoms. The van der Waals surface area contributed by atoms with Gasteiger partial charge in [-0.25, -0.2) is 0 Å². The molecule has 0 fully saturated rings. The number of aliphatic carboxylic acids is 2. The summed E-state index contributed by atoms with van der Waals surface area (Å²) >= 11 is 5.53. The van der Waals surface area contributed by atoms with E-state index in [2.05, 4.69) is 0 Å². The average Bonchev–Trinajstić information content (AvgIpc) is 2.18. The molecule has 0 saturated carbocycles. The normalized spacial score (nSPS) is 14.2. The highest BCUT2D eigenvalue weighted by Gasteiger charge is 2.33. The van der Waals surface area contributed by atoms with Gasteiger partial charge in [-0.05, 0) is 5.56 Å². The van der Waals surface area contributed by atoms with Gasteiger partial charge < -0.3 is 10.2 Å². The van der Waals surface area contributed by atoms with Crippen molar-refractivity contribution in [1.29, 1.82) is 0 Å². The lowest BCUT2D eigenvalue weighted by Crippen LogP contribution is -2.28. The lowest BCUT2D eigenvalue weighted by molar-refractivity contribution is -0.144. The number of alkyl halides is 1. The van der Waals surface area contributed by atoms with Gasteiger partial charge in [0.1, 0.15) is 11.3 Å². The number of carboxylic acids is 2. The molecule has 2 N–H and O–H groups in total. The summed E-state index contributed by atoms with van der Waals surface area (Å²) in [4.78, 5) is 21.5. The van der Waals surface area contributed by atoms with Crippen LogP contribution in [-0.2, 0) is 9.59 Å². The van der Waals surface area contributed by atoms with Gasteiger partial charge in [-0.3, -0.25) is 9.59 Å². The number of hydrogen-bond donors (Lipinski definition) is 2. The van der Waals surface area contributed by atoms with E-state index in [4.69, 9.17) is 21.8 Å². The molecular formula is C10H9ClO4. The number of hydrogen-bond acceptors (Lipinski definition) is 2. The lowest BCUT2D eigenvalue weighted by Gasteiger charge is -2.14. The van der Waals surface area contributed by atoms with Crippen molar-refractivity contribution >= 4 is 23.5 Å². The number of rotatable bonds is 4. The van der Waals surface area contributed by atoms with Crippen molar-refractivity contribution in [3.63, 3.8) is 0 Å². The SMILES string of the molecule is O=C(O)C(Cl)C(C(=O)O)c1ccccc1. The molecule has 0 heterocycles. The summed E-state index contributed by atoms with van der Waals surface area (Å²) in [6, 6.07) is 8.06. The zero-order valence-electron chi connectivity index (χ0n) is 7.63. The topological polar surface area (TPSA) is 74.6 Å². The van der Waals surface area contributed by atoms with Gasteiger partial charge in [-0.2, -0.15) is 0 Å². The molecule has 2 atom stereocenters. The minimum atomic E-state index is -1.47. The van der Waals surface area contributed by atoms with Gasteiger partial charge in [0, 0.05) is 0 Å². The zero-order valence-corrected chi connectivity index (χ0v) is 8.39. The van der Waals surface area contributed by atoms with Crippen LogP contribution in [0.4, 0.5) is 0 Å². The fourth-order valence-electron chi connectivity index (χ4n) is 1.24. The number of carbonyl (C=O) groups is 2. The van der Waals surface area contributed by atoms with Crippen LogP contribution in [0.5, 0.6) is 0 Å². The summed E-state index contributed by atoms with van der Waals surface area (Å²) in [5, 5.41) is 16.1. The predicted molar refractivity (Wildman–Crippen MR) is 54.1 cm³/mol. The quantitative estimate of drug-likeness (QED) is 0.767. The Kier molecular flexibility index (Phi) is 3.68. The first-order valence-corrected chi connectivity index (χ1v) is 4.62. The molecule has 0 saturated heterocycles. The van der Waals surface area contributed by atoms with Crippen molar-refractivity contribution in [2.45, 2.75) is 11.3 Å². The molecule has 0 spiro atoms. The molecule has 0 bridgehead atoms. The first kappa shape index (κ1) is 11.5. The van der Waals surface area contributed by atoms with E-state index < -0.39 is 23.2 Å². The van der Waals surface area contributed by atoms with E-state index >= 15 is 0 Å². The van der Waals surface area contributed by atoms with Crippen LogP contribution in [0.25, 0.3) is 0 Å². The van der Waals surface area contributed by atoms with E-state index in [1.165, 1.54) is 12.1 Å². The fraction of sp³-hybridized carbons (Fsp3) is 0.200. The standard InChI is InChI=1S/C10H9ClO4/c11-8(10(14)15)7(9(12)13)6-4-2-1-3-5-6/h1-5,7-8H,(H,12,13)(H,14,15). The van der Waals surface area contributed by atoms with Gasteiger partial charge in [0.15, 0.2) is 0 Å². The highest BCUT2D eigenvalue weighted by molar-refractivity contribution is 6.31. The third-order valence-corrected chi connectivity index (χ3v) is 2.39. The summed E-state index contributed by atoms with van der Waals surface area (Å²) < 4.78 is 0. The molecule has 0 aromatic heterocycles. The molecule has 15 heavy (non-hydrogen) atoms. The Morgan fingerprint density at radius 3 is 2.00 bits per heavy atom. The molecule has 1 aromatic carbocycles. The molecule has 0 aliphatic carbocycles. The summed E-state index contributed by atoms with van der Waals surface area (Å²) in [6.07, 6.45) is 0. The van der Waals surface area contributed by atoms with Gasteiger partial charge in [-0.1, -0.05) is 30.3 Å². The van der Waals surface area contributed by atoms with Crippen molar-refractivity contribution in [2.75, 3.05) is 0 Å². The van der Waals surface area contributed by atoms with Crippen LogP contribution in [0.15, 0.2) is 30.3 Å². The van der Waals surface area contributed by atoms with Gasteiger partial charge in [0.2, 0.25) is 0 Å². The number of benzene rings is 1. The molecule has 0 aliphatic heterocycles. The Morgan fingerprint density at radius 1 is 1.07 bits per heavy atom. The first-order chi connectivity index (χ1) is 7.04. The van der Waals surface area contributed by atoms with Crippen LogP contribution in [0.2, 0.25) is 0 Å². The van der Waals surface area contributed by atoms with Gasteiger partial charge in [-0.15, -0.1) is 11.6 Å². The van der Waals surface area contributed by atoms with Gasteiger partial charge in [0.05, 0.1) is 0 Å². The Labute approximate surface area is 91.1 Å². The largest absolute Gasteiger partial charge is 0.481 e. The van der Waals surface area contributed by atoms with Crippen LogP contribution < -0.4 is 0 Å². The molecule has 4 nitrogen and oxygen atoms in total. The Morgan fingerprint density at radius 2 is 1.60 bits per heavy atom. The van der Waals surface area contributed by atoms with E-state index in [1.54, 1.807) is 18.2 Å². The first-order valence-electron chi connectivity index (χ1n) is 4.18. The van der Waals surface area contributed by atoms with Crippen LogP contribution in [0.3, 0.4) is 0 Å². The predicted octanol–water partition coefficient (Wildman–Crippen LogP) is 1.55. The fourth-order valence-corrected chi connectivity index (χ4v) is 1.49. The molecular weight excluding hydrogens is 220 g/mol. The highest BCUT2D eigenvalue weighted by atomic mass is 35.5. The maximum atomic E-state index is 10.9. The zero-order chi connectivity index (χ0) is 11.4. The van der Waals surface area contributed by atoms with E-state index in [1.807, 2.05) is 0 Å². The van der Waals surface area contributed by atoms with E-state index in [0.29, 0.717) is 5.56 Å². The maximum Gasteiger partial charge on any atom is 0.322 e. The number of carboxylic acid groups (broad SMARTS) is 2. The van der Waals surface area contributed by atoms with Crippen LogP contribution in [0.1, 0.15) is 11.5 Å². The van der Waals surface area contributed by atoms with Crippen molar-refractivity contribution in [3.05, 3.63) is 35.9 Å². The summed E-state index contributed by atoms with van der Waals surface area (Å²) in [5.41, 5.74) is 0.382. The third-order valence-electron chi connectivity index (χ3n) is 1.95. The van der Waals surface area contributed by atoms with E-state index in [9.17, 15) is 9.59 Å². The Balaban J connectivity index is 3.04. The molecule has 1 rings (SSSR count). The highest BCUT2D eigenvalue weighted by Crippen LogP contribution is 2.24. The van der Waals surface area contributed by atoms with Crippen LogP contribution >= 0.6 is 11.6 Å². The lowest BCUT2D eigenvalue weighted by atomic mass is 9.95. The monoisotopic (exact) mass is 228 g/mol. The van der Waals surface area contributed by atoms with Crippen LogP contribution in [0, 0.1) is 0 Å².